The Morgan fingerprint density at radius 2 is 1.93 bits per heavy atom. The number of carbonyl (C=O) groups excluding carboxylic acids is 1. The van der Waals surface area contributed by atoms with Gasteiger partial charge in [-0.1, -0.05) is 11.6 Å². The summed E-state index contributed by atoms with van der Waals surface area (Å²) in [6, 6.07) is 0.524. The lowest BCUT2D eigenvalue weighted by Gasteiger charge is -2.03. The highest BCUT2D eigenvalue weighted by molar-refractivity contribution is 6.31. The second-order valence-corrected chi connectivity index (χ2v) is 2.85. The van der Waals surface area contributed by atoms with Gasteiger partial charge in [0.25, 0.3) is 0 Å². The van der Waals surface area contributed by atoms with E-state index in [-0.39, 0.29) is 0 Å². The quantitative estimate of drug-likeness (QED) is 0.473. The van der Waals surface area contributed by atoms with Crippen LogP contribution in [0.15, 0.2) is 6.07 Å². The predicted molar refractivity (Wildman–Crippen MR) is 44.7 cm³/mol. The summed E-state index contributed by atoms with van der Waals surface area (Å²) in [5.74, 6) is -5.14. The molecule has 0 amide bonds. The first-order chi connectivity index (χ1) is 6.49. The molecule has 0 bridgehead atoms. The van der Waals surface area contributed by atoms with Crippen molar-refractivity contribution >= 4 is 17.4 Å². The summed E-state index contributed by atoms with van der Waals surface area (Å²) in [5.41, 5.74) is 4.19. The average Bonchev–Trinajstić information content (AvgIpc) is 2.19. The van der Waals surface area contributed by atoms with Crippen molar-refractivity contribution in [3.63, 3.8) is 0 Å². The van der Waals surface area contributed by atoms with Crippen molar-refractivity contribution in [3.8, 4) is 0 Å². The van der Waals surface area contributed by atoms with Crippen LogP contribution in [0.4, 0.5) is 13.2 Å². The summed E-state index contributed by atoms with van der Waals surface area (Å²) in [7, 11) is 0. The van der Waals surface area contributed by atoms with Gasteiger partial charge in [0.15, 0.2) is 17.4 Å². The SMILES string of the molecule is NCC(=O)c1cc(F)c(Cl)c(F)c1F. The van der Waals surface area contributed by atoms with Gasteiger partial charge in [-0.25, -0.2) is 13.2 Å². The van der Waals surface area contributed by atoms with Gasteiger partial charge in [0.05, 0.1) is 12.1 Å². The number of hydrogen-bond donors (Lipinski definition) is 1. The summed E-state index contributed by atoms with van der Waals surface area (Å²) < 4.78 is 38.6. The van der Waals surface area contributed by atoms with Crippen LogP contribution in [0, 0.1) is 17.5 Å². The molecule has 0 aromatic heterocycles. The van der Waals surface area contributed by atoms with Gasteiger partial charge < -0.3 is 5.73 Å². The standard InChI is InChI=1S/C8H5ClF3NO/c9-6-4(10)1-3(5(14)2-13)7(11)8(6)12/h1H,2,13H2. The van der Waals surface area contributed by atoms with E-state index in [2.05, 4.69) is 0 Å². The van der Waals surface area contributed by atoms with Crippen LogP contribution >= 0.6 is 11.6 Å². The van der Waals surface area contributed by atoms with E-state index < -0.39 is 40.4 Å². The van der Waals surface area contributed by atoms with Gasteiger partial charge in [-0.2, -0.15) is 0 Å². The largest absolute Gasteiger partial charge is 0.324 e. The fourth-order valence-corrected chi connectivity index (χ4v) is 1.02. The normalized spacial score (nSPS) is 10.4. The zero-order chi connectivity index (χ0) is 10.9. The van der Waals surface area contributed by atoms with Crippen LogP contribution in [0.2, 0.25) is 5.02 Å². The number of hydrogen-bond acceptors (Lipinski definition) is 2. The van der Waals surface area contributed by atoms with Crippen LogP contribution in [-0.4, -0.2) is 12.3 Å². The fourth-order valence-electron chi connectivity index (χ4n) is 0.886. The summed E-state index contributed by atoms with van der Waals surface area (Å²) in [6.45, 7) is -0.530. The first-order valence-corrected chi connectivity index (χ1v) is 3.93. The van der Waals surface area contributed by atoms with E-state index in [1.54, 1.807) is 0 Å². The zero-order valence-electron chi connectivity index (χ0n) is 6.78. The molecule has 0 heterocycles. The molecule has 0 spiro atoms. The Balaban J connectivity index is 3.40. The van der Waals surface area contributed by atoms with Crippen molar-refractivity contribution in [2.24, 2.45) is 5.73 Å². The molecule has 0 saturated heterocycles. The summed E-state index contributed by atoms with van der Waals surface area (Å²) in [6.07, 6.45) is 0. The van der Waals surface area contributed by atoms with Crippen LogP contribution in [-0.2, 0) is 0 Å². The van der Waals surface area contributed by atoms with E-state index in [9.17, 15) is 18.0 Å². The summed E-state index contributed by atoms with van der Waals surface area (Å²) in [4.78, 5) is 10.9. The fraction of sp³-hybridized carbons (Fsp3) is 0.125. The van der Waals surface area contributed by atoms with E-state index in [1.165, 1.54) is 0 Å². The molecule has 0 aliphatic heterocycles. The molecule has 0 unspecified atom stereocenters. The molecule has 0 fully saturated rings. The molecular formula is C8H5ClF3NO. The maximum absolute atomic E-state index is 13.0. The minimum absolute atomic E-state index is 0.524. The van der Waals surface area contributed by atoms with E-state index in [0.29, 0.717) is 6.07 Å². The minimum Gasteiger partial charge on any atom is -0.324 e. The Hall–Kier alpha value is -1.07. The molecule has 0 aliphatic carbocycles. The van der Waals surface area contributed by atoms with Crippen molar-refractivity contribution in [3.05, 3.63) is 34.1 Å². The Bertz CT molecular complexity index is 395. The lowest BCUT2D eigenvalue weighted by Crippen LogP contribution is -2.16. The van der Waals surface area contributed by atoms with Crippen LogP contribution in [0.25, 0.3) is 0 Å². The number of nitrogens with two attached hydrogens (primary N) is 1. The number of carbonyl (C=O) groups is 1. The van der Waals surface area contributed by atoms with Crippen molar-refractivity contribution in [1.29, 1.82) is 0 Å². The zero-order valence-corrected chi connectivity index (χ0v) is 7.54. The number of ketones is 1. The monoisotopic (exact) mass is 223 g/mol. The third kappa shape index (κ3) is 1.73. The van der Waals surface area contributed by atoms with Gasteiger partial charge in [0.1, 0.15) is 10.8 Å². The summed E-state index contributed by atoms with van der Waals surface area (Å²) >= 11 is 5.07. The highest BCUT2D eigenvalue weighted by atomic mass is 35.5. The van der Waals surface area contributed by atoms with Gasteiger partial charge in [0.2, 0.25) is 0 Å². The van der Waals surface area contributed by atoms with Gasteiger partial charge >= 0.3 is 0 Å². The molecule has 0 atom stereocenters. The maximum Gasteiger partial charge on any atom is 0.181 e. The highest BCUT2D eigenvalue weighted by Gasteiger charge is 2.20. The van der Waals surface area contributed by atoms with E-state index in [4.69, 9.17) is 17.3 Å². The lowest BCUT2D eigenvalue weighted by atomic mass is 10.1. The molecule has 2 N–H and O–H groups in total. The molecule has 0 saturated carbocycles. The third-order valence-electron chi connectivity index (χ3n) is 1.59. The predicted octanol–water partition coefficient (Wildman–Crippen LogP) is 1.90. The van der Waals surface area contributed by atoms with E-state index >= 15 is 0 Å². The second kappa shape index (κ2) is 3.98. The molecule has 0 aliphatic rings. The molecule has 14 heavy (non-hydrogen) atoms. The number of halogens is 4. The molecular weight excluding hydrogens is 219 g/mol. The number of rotatable bonds is 2. The molecule has 1 aromatic carbocycles. The minimum atomic E-state index is -1.58. The Labute approximate surface area is 82.5 Å². The first kappa shape index (κ1) is 11.0. The van der Waals surface area contributed by atoms with Gasteiger partial charge in [-0.3, -0.25) is 4.79 Å². The van der Waals surface area contributed by atoms with Crippen LogP contribution in [0.1, 0.15) is 10.4 Å². The number of Topliss-reactive ketones (excluding diaryl/α,β-unsaturated/α-hetero) is 1. The Morgan fingerprint density at radius 3 is 2.43 bits per heavy atom. The van der Waals surface area contributed by atoms with Crippen molar-refractivity contribution < 1.29 is 18.0 Å². The van der Waals surface area contributed by atoms with E-state index in [1.807, 2.05) is 0 Å². The molecule has 2 nitrogen and oxygen atoms in total. The molecule has 76 valence electrons. The van der Waals surface area contributed by atoms with Gasteiger partial charge in [0, 0.05) is 0 Å². The highest BCUT2D eigenvalue weighted by Crippen LogP contribution is 2.24. The Kier molecular flexibility index (Phi) is 3.13. The van der Waals surface area contributed by atoms with E-state index in [0.717, 1.165) is 0 Å². The van der Waals surface area contributed by atoms with Gasteiger partial charge in [-0.15, -0.1) is 0 Å². The Morgan fingerprint density at radius 1 is 1.36 bits per heavy atom. The average molecular weight is 224 g/mol. The summed E-state index contributed by atoms with van der Waals surface area (Å²) in [5, 5.41) is -0.976. The maximum atomic E-state index is 13.0. The topological polar surface area (TPSA) is 43.1 Å². The molecule has 6 heteroatoms. The number of benzene rings is 1. The van der Waals surface area contributed by atoms with Crippen molar-refractivity contribution in [1.82, 2.24) is 0 Å². The molecule has 0 radical (unpaired) electrons. The van der Waals surface area contributed by atoms with Crippen LogP contribution in [0.5, 0.6) is 0 Å². The molecule has 1 rings (SSSR count). The van der Waals surface area contributed by atoms with Crippen molar-refractivity contribution in [2.45, 2.75) is 0 Å². The van der Waals surface area contributed by atoms with Gasteiger partial charge in [-0.05, 0) is 6.07 Å². The van der Waals surface area contributed by atoms with Crippen molar-refractivity contribution in [2.75, 3.05) is 6.54 Å². The smallest absolute Gasteiger partial charge is 0.181 e. The second-order valence-electron chi connectivity index (χ2n) is 2.48. The molecule has 1 aromatic rings. The first-order valence-electron chi connectivity index (χ1n) is 3.55. The third-order valence-corrected chi connectivity index (χ3v) is 1.93. The van der Waals surface area contributed by atoms with Crippen LogP contribution < -0.4 is 5.73 Å². The lowest BCUT2D eigenvalue weighted by molar-refractivity contribution is 0.0996. The van der Waals surface area contributed by atoms with Crippen LogP contribution in [0.3, 0.4) is 0 Å².